The van der Waals surface area contributed by atoms with Gasteiger partial charge >= 0.3 is 18.2 Å². The molecule has 0 radical (unpaired) electrons. The summed E-state index contributed by atoms with van der Waals surface area (Å²) >= 11 is 0. The van der Waals surface area contributed by atoms with Crippen LogP contribution < -0.4 is 37.5 Å². The van der Waals surface area contributed by atoms with Gasteiger partial charge in [0.2, 0.25) is 23.4 Å². The number of aliphatic hydroxyl groups is 1. The number of benzene rings is 3. The highest BCUT2D eigenvalue weighted by Gasteiger charge is 2.51. The summed E-state index contributed by atoms with van der Waals surface area (Å²) in [6.07, 6.45) is -6.79. The van der Waals surface area contributed by atoms with Crippen LogP contribution in [0.1, 0.15) is 108 Å². The number of hydrogen-bond acceptors (Lipinski definition) is 21. The number of ether oxygens (including phenoxy) is 8. The van der Waals surface area contributed by atoms with E-state index in [0.717, 1.165) is 4.90 Å². The molecule has 9 atom stereocenters. The molecule has 83 heavy (non-hydrogen) atoms. The van der Waals surface area contributed by atoms with Crippen LogP contribution in [-0.4, -0.2) is 189 Å². The first-order valence-corrected chi connectivity index (χ1v) is 27.2. The molecule has 11 N–H and O–H groups in total. The smallest absolute Gasteiger partial charge is 0.409 e. The van der Waals surface area contributed by atoms with E-state index in [-0.39, 0.29) is 73.0 Å². The highest BCUT2D eigenvalue weighted by molar-refractivity contribution is 6.31. The molecule has 27 nitrogen and oxygen atoms in total. The Bertz CT molecular complexity index is 2910. The molecule has 7 rings (SSSR count). The number of fused-ring (bicyclic) bond motifs is 3. The lowest BCUT2D eigenvalue weighted by molar-refractivity contribution is -0.281. The van der Waals surface area contributed by atoms with Crippen LogP contribution in [0.4, 0.5) is 20.1 Å². The largest absolute Gasteiger partial charge is 0.507 e. The van der Waals surface area contributed by atoms with E-state index in [1.165, 1.54) is 51.4 Å². The minimum absolute atomic E-state index is 0.0522. The number of nitrogens with one attached hydrogen (secondary N) is 4. The molecule has 0 bridgehead atoms. The number of rotatable bonds is 23. The van der Waals surface area contributed by atoms with E-state index >= 15 is 0 Å². The number of primary amides is 1. The van der Waals surface area contributed by atoms with Gasteiger partial charge in [-0.3, -0.25) is 29.3 Å². The van der Waals surface area contributed by atoms with Crippen molar-refractivity contribution < 1.29 is 91.6 Å². The minimum Gasteiger partial charge on any atom is -0.507 e. The number of ketones is 3. The molecule has 452 valence electrons. The molecule has 3 aromatic carbocycles. The van der Waals surface area contributed by atoms with Crippen LogP contribution in [0, 0.1) is 5.92 Å². The molecular weight excluding hydrogens is 1090 g/mol. The van der Waals surface area contributed by atoms with Gasteiger partial charge < -0.3 is 90.4 Å². The summed E-state index contributed by atoms with van der Waals surface area (Å²) in [7, 11) is 5.59. The third kappa shape index (κ3) is 14.8. The molecule has 0 spiro atoms. The average molecular weight is 1160 g/mol. The van der Waals surface area contributed by atoms with Crippen LogP contribution in [-0.2, 0) is 60.6 Å². The van der Waals surface area contributed by atoms with Crippen LogP contribution in [0.5, 0.6) is 17.2 Å². The number of carbonyl (C=O) groups is 8. The number of carbonyl (C=O) groups excluding carboxylic acids is 8. The molecule has 0 saturated carbocycles. The third-order valence-electron chi connectivity index (χ3n) is 14.9. The minimum atomic E-state index is -2.46. The second-order valence-electron chi connectivity index (χ2n) is 21.1. The van der Waals surface area contributed by atoms with Crippen molar-refractivity contribution in [1.29, 1.82) is 0 Å². The second-order valence-corrected chi connectivity index (χ2v) is 21.1. The number of methoxy groups -OCH3 is 2. The lowest BCUT2D eigenvalue weighted by atomic mass is 9.72. The SMILES string of the molecule is COc1cccc2c1C(=O)c1c(O)c3c(c(O)c1C2=O)C[C@@](O)(C(=O)COC(=O)N(C)CCN(C)C(=O)OCc1ccc(NC(=O)[C@H](CCCNC(N)=O)NC(=O)C(N)C(C)C)cc1)C[C@@H]3O[C@H]1CC[C@H](O[C@H]2NCCO[C@@H]2OC)[C@H](C)O1. The monoisotopic (exact) mass is 1160 g/mol. The number of aromatic hydroxyl groups is 2. The molecule has 6 amide bonds. The van der Waals surface area contributed by atoms with Gasteiger partial charge in [0, 0.05) is 89.0 Å². The highest BCUT2D eigenvalue weighted by Crippen LogP contribution is 2.52. The summed E-state index contributed by atoms with van der Waals surface area (Å²) in [6.45, 7) is 5.13. The highest BCUT2D eigenvalue weighted by atomic mass is 16.7. The van der Waals surface area contributed by atoms with Crippen molar-refractivity contribution >= 4 is 53.1 Å². The van der Waals surface area contributed by atoms with E-state index in [1.807, 2.05) is 0 Å². The molecule has 2 fully saturated rings. The maximum Gasteiger partial charge on any atom is 0.409 e. The van der Waals surface area contributed by atoms with Crippen LogP contribution in [0.25, 0.3) is 0 Å². The number of nitrogens with zero attached hydrogens (tertiary/aromatic N) is 2. The molecule has 2 aliphatic carbocycles. The number of amides is 6. The Morgan fingerprint density at radius 1 is 0.892 bits per heavy atom. The van der Waals surface area contributed by atoms with Crippen LogP contribution in [0.3, 0.4) is 0 Å². The van der Waals surface area contributed by atoms with Gasteiger partial charge in [-0.15, -0.1) is 0 Å². The zero-order valence-corrected chi connectivity index (χ0v) is 47.4. The van der Waals surface area contributed by atoms with E-state index in [4.69, 9.17) is 49.4 Å². The zero-order chi connectivity index (χ0) is 60.4. The van der Waals surface area contributed by atoms with Gasteiger partial charge in [0.05, 0.1) is 54.8 Å². The first-order valence-electron chi connectivity index (χ1n) is 27.2. The Morgan fingerprint density at radius 2 is 1.58 bits per heavy atom. The molecule has 3 aromatic rings. The normalized spacial score (nSPS) is 22.6. The Hall–Kier alpha value is -7.50. The number of phenolic OH excluding ortho intramolecular Hbond substituents is 2. The number of urea groups is 1. The lowest BCUT2D eigenvalue weighted by Gasteiger charge is -2.42. The van der Waals surface area contributed by atoms with Gasteiger partial charge in [-0.25, -0.2) is 14.4 Å². The molecule has 0 aromatic heterocycles. The fourth-order valence-corrected chi connectivity index (χ4v) is 10.1. The lowest BCUT2D eigenvalue weighted by Crippen LogP contribution is -2.54. The Balaban J connectivity index is 0.960. The second kappa shape index (κ2) is 27.7. The number of hydrogen-bond donors (Lipinski definition) is 9. The molecule has 27 heteroatoms. The van der Waals surface area contributed by atoms with Gasteiger partial charge in [-0.2, -0.15) is 0 Å². The first kappa shape index (κ1) is 63.1. The number of likely N-dealkylation sites (N-methyl/N-ethyl adjacent to an activating group) is 2. The predicted octanol–water partition coefficient (Wildman–Crippen LogP) is 2.21. The number of phenols is 2. The predicted molar refractivity (Wildman–Crippen MR) is 292 cm³/mol. The maximum atomic E-state index is 14.2. The molecule has 4 aliphatic rings. The Labute approximate surface area is 478 Å². The standard InChI is InChI=1S/C56H74N8O19/c1-28(2)44(57)50(71)62-34(11-9-19-60-53(58)72)49(70)61-31-15-13-30(14-16-31)26-79-54(73)63(4)21-22-64(5)55(74)80-27-38(65)56(75)24-33-41(48(69)43-42(46(33)67)45(66)32-10-8-12-36(76-6)40(32)47(43)68)37(25-56)82-39-18-17-35(29(3)81-39)83-51-52(77-7)78-23-20-59-51/h8,10,12-16,28-29,34-35,37,39,44,51-52,59,67,69,75H,9,11,17-27,57H2,1-7H3,(H,61,70)(H,62,71)(H3,58,60,72)/t29-,34-,35-,37-,39-,44?,51+,52-,56-/m0/s1. The van der Waals surface area contributed by atoms with Crippen molar-refractivity contribution in [3.8, 4) is 17.2 Å². The van der Waals surface area contributed by atoms with Gasteiger partial charge in [0.15, 0.2) is 31.2 Å². The summed E-state index contributed by atoms with van der Waals surface area (Å²) in [5, 5.41) is 47.4. The van der Waals surface area contributed by atoms with Crippen LogP contribution in [0.15, 0.2) is 42.5 Å². The fraction of sp³-hybridized carbons (Fsp3) is 0.536. The van der Waals surface area contributed by atoms with Crippen LogP contribution >= 0.6 is 0 Å². The van der Waals surface area contributed by atoms with Gasteiger partial charge in [0.1, 0.15) is 35.5 Å². The Kier molecular flexibility index (Phi) is 21.1. The van der Waals surface area contributed by atoms with Crippen molar-refractivity contribution in [2.24, 2.45) is 17.4 Å². The van der Waals surface area contributed by atoms with Gasteiger partial charge in [-0.05, 0) is 55.9 Å². The van der Waals surface area contributed by atoms with E-state index in [9.17, 15) is 53.7 Å². The molecule has 2 saturated heterocycles. The summed E-state index contributed by atoms with van der Waals surface area (Å²) in [5.41, 5.74) is 7.87. The number of Topliss-reactive ketones (excluding diaryl/α,β-unsaturated/α-hetero) is 1. The number of nitrogens with two attached hydrogens (primary N) is 2. The van der Waals surface area contributed by atoms with Crippen LogP contribution in [0.2, 0.25) is 0 Å². The summed E-state index contributed by atoms with van der Waals surface area (Å²) in [5.74, 6) is -5.34. The van der Waals surface area contributed by atoms with Crippen molar-refractivity contribution in [3.05, 3.63) is 81.4 Å². The first-order chi connectivity index (χ1) is 39.5. The van der Waals surface area contributed by atoms with Crippen molar-refractivity contribution in [2.75, 3.05) is 73.0 Å². The van der Waals surface area contributed by atoms with Crippen molar-refractivity contribution in [2.45, 2.75) is 121 Å². The fourth-order valence-electron chi connectivity index (χ4n) is 10.1. The summed E-state index contributed by atoms with van der Waals surface area (Å²) in [4.78, 5) is 108. The summed E-state index contributed by atoms with van der Waals surface area (Å²) < 4.78 is 46.2. The van der Waals surface area contributed by atoms with Crippen molar-refractivity contribution in [3.63, 3.8) is 0 Å². The number of anilines is 1. The van der Waals surface area contributed by atoms with E-state index in [0.29, 0.717) is 37.2 Å². The summed E-state index contributed by atoms with van der Waals surface area (Å²) in [6, 6.07) is 8.15. The van der Waals surface area contributed by atoms with Gasteiger partial charge in [0.25, 0.3) is 0 Å². The van der Waals surface area contributed by atoms with E-state index in [2.05, 4.69) is 21.3 Å². The number of morpholine rings is 1. The van der Waals surface area contributed by atoms with Gasteiger partial charge in [-0.1, -0.05) is 38.1 Å². The van der Waals surface area contributed by atoms with Crippen molar-refractivity contribution in [1.82, 2.24) is 25.8 Å². The average Bonchev–Trinajstić information content (AvgIpc) is 2.63. The van der Waals surface area contributed by atoms with E-state index in [1.54, 1.807) is 45.0 Å². The topological polar surface area (TPSA) is 378 Å². The quantitative estimate of drug-likeness (QED) is 0.0380. The Morgan fingerprint density at radius 3 is 2.23 bits per heavy atom. The third-order valence-corrected chi connectivity index (χ3v) is 14.9. The molecule has 2 aliphatic heterocycles. The molecule has 2 heterocycles. The zero-order valence-electron chi connectivity index (χ0n) is 47.4. The van der Waals surface area contributed by atoms with E-state index < -0.39 is 144 Å². The molecule has 1 unspecified atom stereocenters. The maximum absolute atomic E-state index is 14.2. The molecular formula is C56H74N8O19.